The predicted molar refractivity (Wildman–Crippen MR) is 76.8 cm³/mol. The molecule has 0 fully saturated rings. The van der Waals surface area contributed by atoms with Gasteiger partial charge in [-0.1, -0.05) is 17.7 Å². The van der Waals surface area contributed by atoms with Crippen molar-refractivity contribution in [1.82, 2.24) is 0 Å². The van der Waals surface area contributed by atoms with Crippen LogP contribution in [0.1, 0.15) is 10.8 Å². The summed E-state index contributed by atoms with van der Waals surface area (Å²) in [7, 11) is -3.98. The average Bonchev–Trinajstić information content (AvgIpc) is 2.43. The van der Waals surface area contributed by atoms with Crippen molar-refractivity contribution in [2.24, 2.45) is 5.73 Å². The van der Waals surface area contributed by atoms with Crippen LogP contribution in [-0.2, 0) is 9.84 Å². The fourth-order valence-corrected chi connectivity index (χ4v) is 4.01. The zero-order valence-corrected chi connectivity index (χ0v) is 12.3. The Bertz CT molecular complexity index is 728. The molecule has 21 heavy (non-hydrogen) atoms. The highest BCUT2D eigenvalue weighted by molar-refractivity contribution is 7.91. The van der Waals surface area contributed by atoms with Gasteiger partial charge in [0.1, 0.15) is 16.9 Å². The molecular weight excluding hydrogens is 320 g/mol. The molecule has 2 aromatic carbocycles. The molecule has 0 aliphatic carbocycles. The topological polar surface area (TPSA) is 60.2 Å². The van der Waals surface area contributed by atoms with Crippen molar-refractivity contribution in [2.75, 3.05) is 6.54 Å². The first kappa shape index (κ1) is 15.9. The van der Waals surface area contributed by atoms with Gasteiger partial charge in [-0.3, -0.25) is 0 Å². The summed E-state index contributed by atoms with van der Waals surface area (Å²) in [6, 6.07) is 8.14. The second-order valence-corrected chi connectivity index (χ2v) is 6.90. The summed E-state index contributed by atoms with van der Waals surface area (Å²) in [5.41, 5.74) is 5.34. The van der Waals surface area contributed by atoms with Crippen LogP contribution < -0.4 is 5.73 Å². The largest absolute Gasteiger partial charge is 0.329 e. The first-order valence-electron chi connectivity index (χ1n) is 6.01. The quantitative estimate of drug-likeness (QED) is 0.876. The number of halogens is 3. The number of nitrogens with two attached hydrogens (primary N) is 1. The lowest BCUT2D eigenvalue weighted by atomic mass is 10.1. The maximum Gasteiger partial charge on any atom is 0.186 e. The summed E-state index contributed by atoms with van der Waals surface area (Å²) in [5, 5.41) is -1.35. The van der Waals surface area contributed by atoms with Crippen molar-refractivity contribution in [3.63, 3.8) is 0 Å². The van der Waals surface area contributed by atoms with Gasteiger partial charge < -0.3 is 5.73 Å². The minimum absolute atomic E-state index is 0.0175. The van der Waals surface area contributed by atoms with Crippen LogP contribution in [0, 0.1) is 11.6 Å². The van der Waals surface area contributed by atoms with Gasteiger partial charge in [-0.25, -0.2) is 17.2 Å². The Morgan fingerprint density at radius 2 is 1.71 bits per heavy atom. The number of hydrogen-bond acceptors (Lipinski definition) is 3. The van der Waals surface area contributed by atoms with E-state index in [4.69, 9.17) is 17.3 Å². The Balaban J connectivity index is 2.57. The monoisotopic (exact) mass is 331 g/mol. The fraction of sp³-hybridized carbons (Fsp3) is 0.143. The summed E-state index contributed by atoms with van der Waals surface area (Å²) in [6.45, 7) is -0.347. The summed E-state index contributed by atoms with van der Waals surface area (Å²) in [6.07, 6.45) is 0. The van der Waals surface area contributed by atoms with Gasteiger partial charge in [0.05, 0.1) is 4.90 Å². The van der Waals surface area contributed by atoms with Crippen molar-refractivity contribution >= 4 is 21.4 Å². The Kier molecular flexibility index (Phi) is 4.61. The van der Waals surface area contributed by atoms with E-state index in [0.29, 0.717) is 0 Å². The van der Waals surface area contributed by atoms with Crippen LogP contribution in [0.2, 0.25) is 5.02 Å². The molecule has 1 atom stereocenters. The molecule has 0 saturated carbocycles. The number of sulfone groups is 1. The molecule has 0 radical (unpaired) electrons. The molecule has 0 aliphatic heterocycles. The summed E-state index contributed by atoms with van der Waals surface area (Å²) >= 11 is 5.90. The van der Waals surface area contributed by atoms with Crippen molar-refractivity contribution in [2.45, 2.75) is 10.1 Å². The molecule has 7 heteroatoms. The fourth-order valence-electron chi connectivity index (χ4n) is 2.01. The first-order chi connectivity index (χ1) is 9.87. The van der Waals surface area contributed by atoms with Crippen molar-refractivity contribution < 1.29 is 17.2 Å². The molecule has 0 saturated heterocycles. The third-order valence-electron chi connectivity index (χ3n) is 3.05. The average molecular weight is 332 g/mol. The molecule has 2 aromatic rings. The third-order valence-corrected chi connectivity index (χ3v) is 5.49. The van der Waals surface area contributed by atoms with E-state index in [2.05, 4.69) is 0 Å². The van der Waals surface area contributed by atoms with Gasteiger partial charge in [-0.15, -0.1) is 0 Å². The van der Waals surface area contributed by atoms with E-state index < -0.39 is 26.7 Å². The van der Waals surface area contributed by atoms with Gasteiger partial charge in [-0.05, 0) is 36.4 Å². The van der Waals surface area contributed by atoms with Crippen LogP contribution in [-0.4, -0.2) is 15.0 Å². The lowest BCUT2D eigenvalue weighted by Gasteiger charge is -2.18. The molecule has 0 aliphatic rings. The van der Waals surface area contributed by atoms with E-state index in [9.17, 15) is 17.2 Å². The molecule has 2 rings (SSSR count). The lowest BCUT2D eigenvalue weighted by molar-refractivity contribution is 0.568. The van der Waals surface area contributed by atoms with Crippen LogP contribution in [0.3, 0.4) is 0 Å². The van der Waals surface area contributed by atoms with Gasteiger partial charge in [0.25, 0.3) is 0 Å². The van der Waals surface area contributed by atoms with E-state index in [1.165, 1.54) is 12.1 Å². The Morgan fingerprint density at radius 3 is 2.24 bits per heavy atom. The highest BCUT2D eigenvalue weighted by Crippen LogP contribution is 2.34. The number of rotatable bonds is 4. The highest BCUT2D eigenvalue weighted by atomic mass is 35.5. The maximum atomic E-state index is 13.9. The minimum Gasteiger partial charge on any atom is -0.329 e. The smallest absolute Gasteiger partial charge is 0.186 e. The zero-order chi connectivity index (χ0) is 15.6. The summed E-state index contributed by atoms with van der Waals surface area (Å²) < 4.78 is 51.9. The lowest BCUT2D eigenvalue weighted by Crippen LogP contribution is -2.23. The summed E-state index contributed by atoms with van der Waals surface area (Å²) in [4.78, 5) is -0.140. The second-order valence-electron chi connectivity index (χ2n) is 4.36. The predicted octanol–water partition coefficient (Wildman–Crippen LogP) is 3.09. The van der Waals surface area contributed by atoms with Crippen LogP contribution in [0.15, 0.2) is 47.4 Å². The van der Waals surface area contributed by atoms with Crippen LogP contribution >= 0.6 is 11.6 Å². The molecule has 0 aromatic heterocycles. The molecule has 0 heterocycles. The Labute approximate surface area is 126 Å². The standard InChI is InChI=1S/C14H12ClF2NO2S/c15-11-2-1-3-12(17)14(11)13(8-18)21(19,20)10-6-4-9(16)5-7-10/h1-7,13H,8,18H2/t13-/m1/s1. The normalized spacial score (nSPS) is 13.1. The molecule has 3 nitrogen and oxygen atoms in total. The first-order valence-corrected chi connectivity index (χ1v) is 7.93. The minimum atomic E-state index is -3.98. The molecule has 112 valence electrons. The molecule has 0 spiro atoms. The zero-order valence-electron chi connectivity index (χ0n) is 10.8. The van der Waals surface area contributed by atoms with E-state index in [0.717, 1.165) is 30.3 Å². The Morgan fingerprint density at radius 1 is 1.10 bits per heavy atom. The molecule has 2 N–H and O–H groups in total. The van der Waals surface area contributed by atoms with Crippen molar-refractivity contribution in [1.29, 1.82) is 0 Å². The third kappa shape index (κ3) is 3.07. The molecule has 0 bridgehead atoms. The van der Waals surface area contributed by atoms with Crippen molar-refractivity contribution in [3.05, 3.63) is 64.7 Å². The van der Waals surface area contributed by atoms with Crippen LogP contribution in [0.5, 0.6) is 0 Å². The van der Waals surface area contributed by atoms with Gasteiger partial charge in [0.2, 0.25) is 0 Å². The number of hydrogen-bond donors (Lipinski definition) is 1. The number of benzene rings is 2. The summed E-state index contributed by atoms with van der Waals surface area (Å²) in [5.74, 6) is -1.31. The Hall–Kier alpha value is -1.50. The highest BCUT2D eigenvalue weighted by Gasteiger charge is 2.31. The van der Waals surface area contributed by atoms with Crippen molar-refractivity contribution in [3.8, 4) is 0 Å². The van der Waals surface area contributed by atoms with Gasteiger partial charge in [0.15, 0.2) is 9.84 Å². The van der Waals surface area contributed by atoms with E-state index in [1.54, 1.807) is 0 Å². The molecule has 0 unspecified atom stereocenters. The van der Waals surface area contributed by atoms with Crippen LogP contribution in [0.4, 0.5) is 8.78 Å². The second kappa shape index (κ2) is 6.09. The van der Waals surface area contributed by atoms with E-state index >= 15 is 0 Å². The van der Waals surface area contributed by atoms with E-state index in [-0.39, 0.29) is 22.0 Å². The SMILES string of the molecule is NC[C@H](c1c(F)cccc1Cl)S(=O)(=O)c1ccc(F)cc1. The van der Waals surface area contributed by atoms with E-state index in [1.807, 2.05) is 0 Å². The van der Waals surface area contributed by atoms with Gasteiger partial charge >= 0.3 is 0 Å². The van der Waals surface area contributed by atoms with Gasteiger partial charge in [-0.2, -0.15) is 0 Å². The molecular formula is C14H12ClF2NO2S. The molecule has 0 amide bonds. The van der Waals surface area contributed by atoms with Gasteiger partial charge in [0, 0.05) is 17.1 Å². The maximum absolute atomic E-state index is 13.9. The van der Waals surface area contributed by atoms with Crippen LogP contribution in [0.25, 0.3) is 0 Å².